The van der Waals surface area contributed by atoms with Crippen LogP contribution >= 0.6 is 12.6 Å². The molecular formula is C9H13N3O3S. The molecule has 0 N–H and O–H groups in total. The molecule has 6 nitrogen and oxygen atoms in total. The number of rotatable bonds is 6. The van der Waals surface area contributed by atoms with E-state index in [0.29, 0.717) is 6.54 Å². The molecule has 7 heteroatoms. The highest BCUT2D eigenvalue weighted by molar-refractivity contribution is 7.80. The fourth-order valence-corrected chi connectivity index (χ4v) is 1.49. The van der Waals surface area contributed by atoms with Gasteiger partial charge in [-0.3, -0.25) is 14.7 Å². The number of hydrogen-bond donors (Lipinski definition) is 1. The average molecular weight is 243 g/mol. The van der Waals surface area contributed by atoms with E-state index in [0.717, 1.165) is 31.2 Å². The second-order valence-electron chi connectivity index (χ2n) is 3.33. The predicted octanol–water partition coefficient (Wildman–Crippen LogP) is 1.25. The topological polar surface area (TPSA) is 78.0 Å². The van der Waals surface area contributed by atoms with Crippen LogP contribution in [0.2, 0.25) is 0 Å². The molecule has 1 aromatic heterocycles. The summed E-state index contributed by atoms with van der Waals surface area (Å²) >= 11 is 4.07. The quantitative estimate of drug-likeness (QED) is 0.353. The van der Waals surface area contributed by atoms with Crippen molar-refractivity contribution in [3.05, 3.63) is 33.0 Å². The van der Waals surface area contributed by atoms with Crippen molar-refractivity contribution in [3.8, 4) is 0 Å². The van der Waals surface area contributed by atoms with Gasteiger partial charge < -0.3 is 0 Å². The van der Waals surface area contributed by atoms with Crippen LogP contribution < -0.4 is 5.69 Å². The molecule has 1 heterocycles. The minimum atomic E-state index is -0.559. The van der Waals surface area contributed by atoms with Crippen LogP contribution in [-0.4, -0.2) is 20.2 Å². The van der Waals surface area contributed by atoms with Gasteiger partial charge in [-0.15, -0.1) is 0 Å². The molecule has 1 rings (SSSR count). The molecule has 88 valence electrons. The Morgan fingerprint density at radius 3 is 2.81 bits per heavy atom. The van der Waals surface area contributed by atoms with E-state index in [1.54, 1.807) is 0 Å². The molecule has 1 aromatic rings. The van der Waals surface area contributed by atoms with Crippen LogP contribution in [0.4, 0.5) is 5.69 Å². The smallest absolute Gasteiger partial charge is 0.292 e. The predicted molar refractivity (Wildman–Crippen MR) is 62.9 cm³/mol. The van der Waals surface area contributed by atoms with Gasteiger partial charge in [0.15, 0.2) is 0 Å². The molecule has 0 unspecified atom stereocenters. The Morgan fingerprint density at radius 1 is 1.44 bits per heavy atom. The van der Waals surface area contributed by atoms with Gasteiger partial charge in [-0.05, 0) is 18.6 Å². The molecule has 0 radical (unpaired) electrons. The van der Waals surface area contributed by atoms with E-state index in [1.165, 1.54) is 10.8 Å². The second-order valence-corrected chi connectivity index (χ2v) is 3.78. The zero-order chi connectivity index (χ0) is 12.0. The Morgan fingerprint density at radius 2 is 2.19 bits per heavy atom. The molecule has 0 aliphatic carbocycles. The summed E-state index contributed by atoms with van der Waals surface area (Å²) in [6.45, 7) is 0.460. The fourth-order valence-electron chi connectivity index (χ4n) is 1.27. The minimum absolute atomic E-state index is 0.159. The second kappa shape index (κ2) is 6.26. The van der Waals surface area contributed by atoms with Gasteiger partial charge in [-0.1, -0.05) is 6.42 Å². The SMILES string of the molecule is O=c1ncc([N+](=O)[O-])cn1CCCCCS. The van der Waals surface area contributed by atoms with Crippen LogP contribution in [0.1, 0.15) is 19.3 Å². The molecule has 0 aromatic carbocycles. The van der Waals surface area contributed by atoms with Crippen molar-refractivity contribution in [1.82, 2.24) is 9.55 Å². The lowest BCUT2D eigenvalue weighted by Crippen LogP contribution is -2.22. The number of thiol groups is 1. The van der Waals surface area contributed by atoms with Crippen LogP contribution in [0, 0.1) is 10.1 Å². The first-order chi connectivity index (χ1) is 7.65. The van der Waals surface area contributed by atoms with E-state index in [1.807, 2.05) is 0 Å². The first-order valence-electron chi connectivity index (χ1n) is 4.97. The van der Waals surface area contributed by atoms with Gasteiger partial charge in [0.2, 0.25) is 0 Å². The number of nitro groups is 1. The molecule has 0 atom stereocenters. The lowest BCUT2D eigenvalue weighted by molar-refractivity contribution is -0.385. The molecule has 0 aliphatic rings. The highest BCUT2D eigenvalue weighted by Crippen LogP contribution is 2.06. The van der Waals surface area contributed by atoms with Gasteiger partial charge in [-0.2, -0.15) is 17.6 Å². The van der Waals surface area contributed by atoms with E-state index >= 15 is 0 Å². The molecule has 0 aliphatic heterocycles. The first kappa shape index (κ1) is 12.7. The summed E-state index contributed by atoms with van der Waals surface area (Å²) in [5.74, 6) is 0.808. The van der Waals surface area contributed by atoms with E-state index in [4.69, 9.17) is 0 Å². The van der Waals surface area contributed by atoms with Crippen molar-refractivity contribution in [2.75, 3.05) is 5.75 Å². The summed E-state index contributed by atoms with van der Waals surface area (Å²) in [7, 11) is 0. The van der Waals surface area contributed by atoms with Gasteiger partial charge in [-0.25, -0.2) is 4.79 Å². The van der Waals surface area contributed by atoms with Crippen molar-refractivity contribution in [2.24, 2.45) is 0 Å². The minimum Gasteiger partial charge on any atom is -0.292 e. The van der Waals surface area contributed by atoms with Crippen molar-refractivity contribution < 1.29 is 4.92 Å². The van der Waals surface area contributed by atoms with Crippen LogP contribution in [0.25, 0.3) is 0 Å². The summed E-state index contributed by atoms with van der Waals surface area (Å²) < 4.78 is 1.27. The van der Waals surface area contributed by atoms with Gasteiger partial charge >= 0.3 is 11.4 Å². The van der Waals surface area contributed by atoms with Crippen molar-refractivity contribution >= 4 is 18.3 Å². The van der Waals surface area contributed by atoms with Gasteiger partial charge in [0.05, 0.1) is 11.1 Å². The number of nitrogens with zero attached hydrogens (tertiary/aromatic N) is 3. The van der Waals surface area contributed by atoms with Crippen molar-refractivity contribution in [3.63, 3.8) is 0 Å². The summed E-state index contributed by atoms with van der Waals surface area (Å²) in [5.41, 5.74) is -0.606. The number of aromatic nitrogens is 2. The van der Waals surface area contributed by atoms with E-state index in [2.05, 4.69) is 17.6 Å². The number of unbranched alkanes of at least 4 members (excludes halogenated alkanes) is 2. The number of aryl methyl sites for hydroxylation is 1. The largest absolute Gasteiger partial charge is 0.347 e. The van der Waals surface area contributed by atoms with Gasteiger partial charge in [0, 0.05) is 6.54 Å². The lowest BCUT2D eigenvalue weighted by atomic mass is 10.2. The van der Waals surface area contributed by atoms with Crippen LogP contribution in [0.15, 0.2) is 17.2 Å². The maximum Gasteiger partial charge on any atom is 0.347 e. The summed E-state index contributed by atoms with van der Waals surface area (Å²) in [5, 5.41) is 10.5. The van der Waals surface area contributed by atoms with Gasteiger partial charge in [0.1, 0.15) is 6.20 Å². The fraction of sp³-hybridized carbons (Fsp3) is 0.556. The Balaban J connectivity index is 2.67. The Labute approximate surface area is 97.9 Å². The highest BCUT2D eigenvalue weighted by atomic mass is 32.1. The maximum absolute atomic E-state index is 11.3. The van der Waals surface area contributed by atoms with E-state index in [9.17, 15) is 14.9 Å². The van der Waals surface area contributed by atoms with Crippen molar-refractivity contribution in [2.45, 2.75) is 25.8 Å². The van der Waals surface area contributed by atoms with E-state index < -0.39 is 10.6 Å². The lowest BCUT2D eigenvalue weighted by Gasteiger charge is -2.03. The Hall–Kier alpha value is -1.37. The standard InChI is InChI=1S/C9H13N3O3S/c13-9-10-6-8(12(14)15)7-11(9)4-2-1-3-5-16/h6-7,16H,1-5H2. The van der Waals surface area contributed by atoms with Crippen LogP contribution in [0.3, 0.4) is 0 Å². The van der Waals surface area contributed by atoms with Crippen molar-refractivity contribution in [1.29, 1.82) is 0 Å². The molecule has 16 heavy (non-hydrogen) atoms. The zero-order valence-electron chi connectivity index (χ0n) is 8.70. The normalized spacial score (nSPS) is 10.3. The molecule has 0 amide bonds. The zero-order valence-corrected chi connectivity index (χ0v) is 9.60. The third-order valence-electron chi connectivity index (χ3n) is 2.11. The summed E-state index contributed by atoms with van der Waals surface area (Å²) in [6, 6.07) is 0. The van der Waals surface area contributed by atoms with E-state index in [-0.39, 0.29) is 5.69 Å². The number of hydrogen-bond acceptors (Lipinski definition) is 5. The molecule has 0 spiro atoms. The first-order valence-corrected chi connectivity index (χ1v) is 5.60. The monoisotopic (exact) mass is 243 g/mol. The van der Waals surface area contributed by atoms with Crippen LogP contribution in [-0.2, 0) is 6.54 Å². The average Bonchev–Trinajstić information content (AvgIpc) is 2.26. The highest BCUT2D eigenvalue weighted by Gasteiger charge is 2.08. The third kappa shape index (κ3) is 3.65. The van der Waals surface area contributed by atoms with Gasteiger partial charge in [0.25, 0.3) is 0 Å². The molecule has 0 fully saturated rings. The summed E-state index contributed by atoms with van der Waals surface area (Å²) in [4.78, 5) is 24.6. The molecular weight excluding hydrogens is 230 g/mol. The third-order valence-corrected chi connectivity index (χ3v) is 2.43. The maximum atomic E-state index is 11.3. The molecule has 0 saturated carbocycles. The summed E-state index contributed by atoms with van der Waals surface area (Å²) in [6.07, 6.45) is 4.92. The Kier molecular flexibility index (Phi) is 4.97. The molecule has 0 bridgehead atoms. The Bertz CT molecular complexity index is 419. The van der Waals surface area contributed by atoms with Crippen LogP contribution in [0.5, 0.6) is 0 Å². The molecule has 0 saturated heterocycles.